The van der Waals surface area contributed by atoms with Crippen LogP contribution in [0.4, 0.5) is 0 Å². The number of hydrogen-bond donors (Lipinski definition) is 0. The molecular weight excluding hydrogens is 124 g/mol. The van der Waals surface area contributed by atoms with E-state index in [2.05, 4.69) is 18.8 Å². The molecule has 0 bridgehead atoms. The van der Waals surface area contributed by atoms with Gasteiger partial charge in [0, 0.05) is 13.0 Å². The van der Waals surface area contributed by atoms with Gasteiger partial charge in [-0.25, -0.2) is 0 Å². The minimum Gasteiger partial charge on any atom is -0.369 e. The van der Waals surface area contributed by atoms with Crippen molar-refractivity contribution < 1.29 is 4.74 Å². The Balaban J connectivity index is 2.90. The van der Waals surface area contributed by atoms with E-state index in [4.69, 9.17) is 4.74 Å². The SMILES string of the molecule is [CH2]CCCOCC#CCC. The second-order valence-electron chi connectivity index (χ2n) is 1.97. The molecule has 0 atom stereocenters. The van der Waals surface area contributed by atoms with E-state index in [9.17, 15) is 0 Å². The summed E-state index contributed by atoms with van der Waals surface area (Å²) in [5.74, 6) is 5.84. The first kappa shape index (κ1) is 9.52. The van der Waals surface area contributed by atoms with Crippen molar-refractivity contribution in [1.82, 2.24) is 0 Å². The molecule has 57 valence electrons. The zero-order valence-electron chi connectivity index (χ0n) is 6.65. The zero-order valence-corrected chi connectivity index (χ0v) is 6.65. The fourth-order valence-corrected chi connectivity index (χ4v) is 0.503. The van der Waals surface area contributed by atoms with E-state index in [1.54, 1.807) is 0 Å². The van der Waals surface area contributed by atoms with Crippen LogP contribution in [0.2, 0.25) is 0 Å². The molecule has 1 nitrogen and oxygen atoms in total. The minimum atomic E-state index is 0.577. The van der Waals surface area contributed by atoms with Gasteiger partial charge in [-0.05, 0) is 6.42 Å². The van der Waals surface area contributed by atoms with Gasteiger partial charge in [-0.3, -0.25) is 0 Å². The lowest BCUT2D eigenvalue weighted by atomic mass is 10.4. The average Bonchev–Trinajstić information content (AvgIpc) is 1.97. The number of rotatable bonds is 4. The van der Waals surface area contributed by atoms with Gasteiger partial charge in [-0.2, -0.15) is 0 Å². The summed E-state index contributed by atoms with van der Waals surface area (Å²) >= 11 is 0. The molecule has 0 amide bonds. The third-order valence-corrected chi connectivity index (χ3v) is 1.01. The normalized spacial score (nSPS) is 8.60. The highest BCUT2D eigenvalue weighted by atomic mass is 16.5. The van der Waals surface area contributed by atoms with Crippen molar-refractivity contribution in [3.05, 3.63) is 6.92 Å². The standard InChI is InChI=1S/C9H15O/c1-3-5-7-9-10-8-6-4-2/h2-4,6,8-9H2,1H3. The van der Waals surface area contributed by atoms with Crippen LogP contribution in [0, 0.1) is 18.8 Å². The Morgan fingerprint density at radius 1 is 1.40 bits per heavy atom. The molecule has 10 heavy (non-hydrogen) atoms. The van der Waals surface area contributed by atoms with Crippen molar-refractivity contribution >= 4 is 0 Å². The van der Waals surface area contributed by atoms with Crippen LogP contribution in [0.15, 0.2) is 0 Å². The maximum atomic E-state index is 5.16. The van der Waals surface area contributed by atoms with Gasteiger partial charge in [-0.15, -0.1) is 5.92 Å². The van der Waals surface area contributed by atoms with Crippen molar-refractivity contribution in [2.75, 3.05) is 13.2 Å². The molecule has 0 spiro atoms. The highest BCUT2D eigenvalue weighted by Gasteiger charge is 1.81. The monoisotopic (exact) mass is 139 g/mol. The summed E-state index contributed by atoms with van der Waals surface area (Å²) in [5, 5.41) is 0. The molecule has 0 rings (SSSR count). The Labute approximate surface area is 63.8 Å². The lowest BCUT2D eigenvalue weighted by Gasteiger charge is -1.94. The Kier molecular flexibility index (Phi) is 8.11. The van der Waals surface area contributed by atoms with Crippen LogP contribution in [0.1, 0.15) is 26.2 Å². The number of ether oxygens (including phenoxy) is 1. The zero-order chi connectivity index (χ0) is 7.66. The van der Waals surface area contributed by atoms with Crippen LogP contribution < -0.4 is 0 Å². The van der Waals surface area contributed by atoms with Gasteiger partial charge in [0.1, 0.15) is 6.61 Å². The van der Waals surface area contributed by atoms with E-state index in [1.807, 2.05) is 6.92 Å². The van der Waals surface area contributed by atoms with E-state index in [-0.39, 0.29) is 0 Å². The third kappa shape index (κ3) is 7.52. The van der Waals surface area contributed by atoms with Gasteiger partial charge in [0.2, 0.25) is 0 Å². The molecule has 0 aliphatic heterocycles. The summed E-state index contributed by atoms with van der Waals surface area (Å²) in [6.07, 6.45) is 2.90. The maximum absolute atomic E-state index is 5.16. The largest absolute Gasteiger partial charge is 0.369 e. The number of hydrogen-bond acceptors (Lipinski definition) is 1. The van der Waals surface area contributed by atoms with E-state index in [1.165, 1.54) is 0 Å². The first-order valence-corrected chi connectivity index (χ1v) is 3.74. The van der Waals surface area contributed by atoms with Crippen molar-refractivity contribution in [3.63, 3.8) is 0 Å². The fourth-order valence-electron chi connectivity index (χ4n) is 0.503. The van der Waals surface area contributed by atoms with Crippen LogP contribution in [0.3, 0.4) is 0 Å². The molecule has 0 heterocycles. The van der Waals surface area contributed by atoms with Gasteiger partial charge < -0.3 is 4.74 Å². The number of unbranched alkanes of at least 4 members (excludes halogenated alkanes) is 1. The summed E-state index contributed by atoms with van der Waals surface area (Å²) in [6.45, 7) is 7.11. The summed E-state index contributed by atoms with van der Waals surface area (Å²) in [4.78, 5) is 0. The van der Waals surface area contributed by atoms with Crippen molar-refractivity contribution in [2.45, 2.75) is 26.2 Å². The Hall–Kier alpha value is -0.480. The molecule has 0 aromatic rings. The van der Waals surface area contributed by atoms with Gasteiger partial charge in [0.05, 0.1) is 0 Å². The summed E-state index contributed by atoms with van der Waals surface area (Å²) < 4.78 is 5.16. The van der Waals surface area contributed by atoms with Gasteiger partial charge >= 0.3 is 0 Å². The molecule has 0 aromatic carbocycles. The molecule has 0 aliphatic rings. The van der Waals surface area contributed by atoms with E-state index < -0.39 is 0 Å². The molecule has 0 saturated heterocycles. The predicted octanol–water partition coefficient (Wildman–Crippen LogP) is 2.03. The average molecular weight is 139 g/mol. The summed E-state index contributed by atoms with van der Waals surface area (Å²) in [5.41, 5.74) is 0. The van der Waals surface area contributed by atoms with E-state index in [0.29, 0.717) is 6.61 Å². The summed E-state index contributed by atoms with van der Waals surface area (Å²) in [7, 11) is 0. The fraction of sp³-hybridized carbons (Fsp3) is 0.667. The first-order chi connectivity index (χ1) is 4.91. The van der Waals surface area contributed by atoms with Gasteiger partial charge in [-0.1, -0.05) is 26.2 Å². The molecule has 1 heteroatoms. The highest BCUT2D eigenvalue weighted by molar-refractivity contribution is 4.97. The lowest BCUT2D eigenvalue weighted by Crippen LogP contribution is -1.93. The van der Waals surface area contributed by atoms with Crippen molar-refractivity contribution in [3.8, 4) is 11.8 Å². The first-order valence-electron chi connectivity index (χ1n) is 3.74. The van der Waals surface area contributed by atoms with Crippen LogP contribution in [-0.2, 0) is 4.74 Å². The van der Waals surface area contributed by atoms with E-state index in [0.717, 1.165) is 25.9 Å². The maximum Gasteiger partial charge on any atom is 0.107 e. The quantitative estimate of drug-likeness (QED) is 0.428. The molecule has 1 radical (unpaired) electrons. The van der Waals surface area contributed by atoms with Crippen LogP contribution >= 0.6 is 0 Å². The highest BCUT2D eigenvalue weighted by Crippen LogP contribution is 1.85. The lowest BCUT2D eigenvalue weighted by molar-refractivity contribution is 0.165. The van der Waals surface area contributed by atoms with Gasteiger partial charge in [0.25, 0.3) is 0 Å². The molecule has 0 N–H and O–H groups in total. The Morgan fingerprint density at radius 3 is 2.80 bits per heavy atom. The second kappa shape index (κ2) is 8.52. The van der Waals surface area contributed by atoms with Gasteiger partial charge in [0.15, 0.2) is 0 Å². The van der Waals surface area contributed by atoms with Crippen LogP contribution in [-0.4, -0.2) is 13.2 Å². The molecule has 0 unspecified atom stereocenters. The van der Waals surface area contributed by atoms with Crippen molar-refractivity contribution in [1.29, 1.82) is 0 Å². The molecule has 0 aromatic heterocycles. The Morgan fingerprint density at radius 2 is 2.20 bits per heavy atom. The molecule has 0 saturated carbocycles. The third-order valence-electron chi connectivity index (χ3n) is 1.01. The molecular formula is C9H15O. The topological polar surface area (TPSA) is 9.23 Å². The second-order valence-corrected chi connectivity index (χ2v) is 1.97. The molecule has 0 fully saturated rings. The summed E-state index contributed by atoms with van der Waals surface area (Å²) in [6, 6.07) is 0. The van der Waals surface area contributed by atoms with E-state index >= 15 is 0 Å². The molecule has 0 aliphatic carbocycles. The minimum absolute atomic E-state index is 0.577. The van der Waals surface area contributed by atoms with Crippen LogP contribution in [0.5, 0.6) is 0 Å². The van der Waals surface area contributed by atoms with Crippen LogP contribution in [0.25, 0.3) is 0 Å². The Bertz CT molecular complexity index is 108. The van der Waals surface area contributed by atoms with Crippen molar-refractivity contribution in [2.24, 2.45) is 0 Å². The predicted molar refractivity (Wildman–Crippen MR) is 43.5 cm³/mol. The smallest absolute Gasteiger partial charge is 0.107 e.